The summed E-state index contributed by atoms with van der Waals surface area (Å²) in [5.41, 5.74) is 5.54. The summed E-state index contributed by atoms with van der Waals surface area (Å²) in [5.74, 6) is 0. The summed E-state index contributed by atoms with van der Waals surface area (Å²) in [4.78, 5) is 17.7. The van der Waals surface area contributed by atoms with E-state index in [0.29, 0.717) is 6.54 Å². The standard InChI is InChI=1S/C20H19ClN2O2/c1-12-4-3-5-13(10-12)19-18-15(8-9-23(19)20(24)25-2)16-11-14(21)6-7-17(16)22-18/h3-7,10-11,19,22H,8-9H2,1-2H3. The lowest BCUT2D eigenvalue weighted by atomic mass is 9.92. The Bertz CT molecular complexity index is 963. The number of rotatable bonds is 1. The monoisotopic (exact) mass is 354 g/mol. The van der Waals surface area contributed by atoms with E-state index in [0.717, 1.165) is 39.2 Å². The second-order valence-corrected chi connectivity index (χ2v) is 6.87. The predicted molar refractivity (Wildman–Crippen MR) is 99.1 cm³/mol. The van der Waals surface area contributed by atoms with Crippen molar-refractivity contribution >= 4 is 28.6 Å². The molecule has 0 saturated heterocycles. The Hall–Kier alpha value is -2.46. The van der Waals surface area contributed by atoms with Crippen LogP contribution in [0.15, 0.2) is 42.5 Å². The van der Waals surface area contributed by atoms with Crippen LogP contribution in [-0.4, -0.2) is 29.6 Å². The van der Waals surface area contributed by atoms with Gasteiger partial charge < -0.3 is 9.72 Å². The zero-order valence-electron chi connectivity index (χ0n) is 14.2. The first kappa shape index (κ1) is 16.0. The lowest BCUT2D eigenvalue weighted by Crippen LogP contribution is -2.40. The third kappa shape index (κ3) is 2.67. The molecule has 1 atom stereocenters. The maximum atomic E-state index is 12.4. The topological polar surface area (TPSA) is 45.3 Å². The maximum absolute atomic E-state index is 12.4. The van der Waals surface area contributed by atoms with Gasteiger partial charge in [-0.05, 0) is 42.7 Å². The molecule has 0 bridgehead atoms. The number of nitrogens with one attached hydrogen (secondary N) is 1. The fourth-order valence-electron chi connectivity index (χ4n) is 3.76. The maximum Gasteiger partial charge on any atom is 0.410 e. The molecule has 4 nitrogen and oxygen atoms in total. The number of halogens is 1. The van der Waals surface area contributed by atoms with Crippen LogP contribution in [-0.2, 0) is 11.2 Å². The van der Waals surface area contributed by atoms with E-state index in [-0.39, 0.29) is 12.1 Å². The Morgan fingerprint density at radius 2 is 2.12 bits per heavy atom. The van der Waals surface area contributed by atoms with Gasteiger partial charge in [0.25, 0.3) is 0 Å². The molecule has 0 spiro atoms. The molecule has 1 aliphatic heterocycles. The Morgan fingerprint density at radius 1 is 1.28 bits per heavy atom. The summed E-state index contributed by atoms with van der Waals surface area (Å²) in [6, 6.07) is 13.9. The fraction of sp³-hybridized carbons (Fsp3) is 0.250. The molecule has 0 saturated carbocycles. The normalized spacial score (nSPS) is 16.8. The fourth-order valence-corrected chi connectivity index (χ4v) is 3.93. The molecular formula is C20H19ClN2O2. The molecular weight excluding hydrogens is 336 g/mol. The van der Waals surface area contributed by atoms with E-state index in [1.54, 1.807) is 4.90 Å². The first-order chi connectivity index (χ1) is 12.1. The van der Waals surface area contributed by atoms with Gasteiger partial charge in [-0.15, -0.1) is 0 Å². The average Bonchev–Trinajstić information content (AvgIpc) is 2.98. The van der Waals surface area contributed by atoms with E-state index in [2.05, 4.69) is 30.1 Å². The zero-order valence-corrected chi connectivity index (χ0v) is 14.9. The van der Waals surface area contributed by atoms with Crippen molar-refractivity contribution in [3.05, 3.63) is 69.9 Å². The van der Waals surface area contributed by atoms with Crippen LogP contribution in [0.3, 0.4) is 0 Å². The third-order valence-corrected chi connectivity index (χ3v) is 5.09. The highest BCUT2D eigenvalue weighted by Crippen LogP contribution is 2.39. The van der Waals surface area contributed by atoms with Gasteiger partial charge in [0, 0.05) is 28.2 Å². The minimum atomic E-state index is -0.311. The van der Waals surface area contributed by atoms with E-state index in [1.807, 2.05) is 24.3 Å². The second-order valence-electron chi connectivity index (χ2n) is 6.44. The van der Waals surface area contributed by atoms with E-state index >= 15 is 0 Å². The molecule has 0 aliphatic carbocycles. The minimum Gasteiger partial charge on any atom is -0.453 e. The lowest BCUT2D eigenvalue weighted by molar-refractivity contribution is 0.108. The van der Waals surface area contributed by atoms with E-state index in [9.17, 15) is 4.79 Å². The number of aryl methyl sites for hydroxylation is 1. The number of carbonyl (C=O) groups excluding carboxylic acids is 1. The van der Waals surface area contributed by atoms with Crippen molar-refractivity contribution in [2.24, 2.45) is 0 Å². The van der Waals surface area contributed by atoms with Gasteiger partial charge in [-0.2, -0.15) is 0 Å². The number of carbonyl (C=O) groups is 1. The third-order valence-electron chi connectivity index (χ3n) is 4.86. The lowest BCUT2D eigenvalue weighted by Gasteiger charge is -2.35. The molecule has 0 radical (unpaired) electrons. The van der Waals surface area contributed by atoms with Crippen LogP contribution in [0.2, 0.25) is 5.02 Å². The molecule has 4 rings (SSSR count). The van der Waals surface area contributed by atoms with Crippen LogP contribution in [0, 0.1) is 6.92 Å². The molecule has 25 heavy (non-hydrogen) atoms. The Balaban J connectivity index is 1.93. The van der Waals surface area contributed by atoms with Gasteiger partial charge in [-0.3, -0.25) is 4.90 Å². The number of methoxy groups -OCH3 is 1. The van der Waals surface area contributed by atoms with Crippen molar-refractivity contribution in [1.82, 2.24) is 9.88 Å². The van der Waals surface area contributed by atoms with E-state index in [4.69, 9.17) is 16.3 Å². The molecule has 128 valence electrons. The molecule has 3 aromatic rings. The number of ether oxygens (including phenoxy) is 1. The van der Waals surface area contributed by atoms with Gasteiger partial charge in [0.05, 0.1) is 7.11 Å². The van der Waals surface area contributed by atoms with E-state index < -0.39 is 0 Å². The summed E-state index contributed by atoms with van der Waals surface area (Å²) in [6.45, 7) is 2.67. The first-order valence-corrected chi connectivity index (χ1v) is 8.67. The summed E-state index contributed by atoms with van der Waals surface area (Å²) < 4.78 is 5.03. The number of H-pyrrole nitrogens is 1. The van der Waals surface area contributed by atoms with Gasteiger partial charge in [0.15, 0.2) is 0 Å². The molecule has 1 unspecified atom stereocenters. The number of amides is 1. The molecule has 2 aromatic carbocycles. The van der Waals surface area contributed by atoms with Crippen molar-refractivity contribution in [3.8, 4) is 0 Å². The highest BCUT2D eigenvalue weighted by atomic mass is 35.5. The number of aromatic amines is 1. The van der Waals surface area contributed by atoms with Crippen molar-refractivity contribution in [1.29, 1.82) is 0 Å². The van der Waals surface area contributed by atoms with Gasteiger partial charge in [0.2, 0.25) is 0 Å². The molecule has 1 aliphatic rings. The van der Waals surface area contributed by atoms with Gasteiger partial charge in [-0.25, -0.2) is 4.79 Å². The SMILES string of the molecule is COC(=O)N1CCc2c([nH]c3ccc(Cl)cc23)C1c1cccc(C)c1. The summed E-state index contributed by atoms with van der Waals surface area (Å²) in [5, 5.41) is 1.85. The van der Waals surface area contributed by atoms with Crippen LogP contribution < -0.4 is 0 Å². The molecule has 2 heterocycles. The number of nitrogens with zero attached hydrogens (tertiary/aromatic N) is 1. The Morgan fingerprint density at radius 3 is 2.88 bits per heavy atom. The van der Waals surface area contributed by atoms with Crippen molar-refractivity contribution in [2.45, 2.75) is 19.4 Å². The second kappa shape index (κ2) is 6.12. The average molecular weight is 355 g/mol. The van der Waals surface area contributed by atoms with Crippen molar-refractivity contribution < 1.29 is 9.53 Å². The van der Waals surface area contributed by atoms with Crippen molar-refractivity contribution in [2.75, 3.05) is 13.7 Å². The smallest absolute Gasteiger partial charge is 0.410 e. The number of aromatic nitrogens is 1. The molecule has 1 N–H and O–H groups in total. The van der Waals surface area contributed by atoms with Gasteiger partial charge in [0.1, 0.15) is 6.04 Å². The molecule has 0 fully saturated rings. The van der Waals surface area contributed by atoms with Gasteiger partial charge >= 0.3 is 6.09 Å². The predicted octanol–water partition coefficient (Wildman–Crippen LogP) is 4.84. The zero-order chi connectivity index (χ0) is 17.6. The van der Waals surface area contributed by atoms with Crippen LogP contribution in [0.5, 0.6) is 0 Å². The summed E-state index contributed by atoms with van der Waals surface area (Å²) in [7, 11) is 1.43. The van der Waals surface area contributed by atoms with Crippen LogP contribution in [0.4, 0.5) is 4.79 Å². The number of hydrogen-bond acceptors (Lipinski definition) is 2. The Kier molecular flexibility index (Phi) is 3.92. The van der Waals surface area contributed by atoms with Crippen molar-refractivity contribution in [3.63, 3.8) is 0 Å². The minimum absolute atomic E-state index is 0.192. The van der Waals surface area contributed by atoms with Crippen LogP contribution in [0.25, 0.3) is 10.9 Å². The number of fused-ring (bicyclic) bond motifs is 3. The quantitative estimate of drug-likeness (QED) is 0.679. The van der Waals surface area contributed by atoms with E-state index in [1.165, 1.54) is 12.7 Å². The number of hydrogen-bond donors (Lipinski definition) is 1. The number of benzene rings is 2. The first-order valence-electron chi connectivity index (χ1n) is 8.29. The highest BCUT2D eigenvalue weighted by molar-refractivity contribution is 6.31. The molecule has 1 aromatic heterocycles. The molecule has 5 heteroatoms. The summed E-state index contributed by atoms with van der Waals surface area (Å²) in [6.07, 6.45) is 0.460. The molecule has 1 amide bonds. The largest absolute Gasteiger partial charge is 0.453 e. The van der Waals surface area contributed by atoms with Crippen LogP contribution >= 0.6 is 11.6 Å². The Labute approximate surface area is 151 Å². The highest BCUT2D eigenvalue weighted by Gasteiger charge is 2.35. The van der Waals surface area contributed by atoms with Gasteiger partial charge in [-0.1, -0.05) is 41.4 Å². The van der Waals surface area contributed by atoms with Crippen LogP contribution in [0.1, 0.15) is 28.4 Å². The summed E-state index contributed by atoms with van der Waals surface area (Å²) >= 11 is 6.20.